The average Bonchev–Trinajstić information content (AvgIpc) is 3.48. The van der Waals surface area contributed by atoms with Crippen LogP contribution in [0.25, 0.3) is 39.3 Å². The predicted molar refractivity (Wildman–Crippen MR) is 176 cm³/mol. The van der Waals surface area contributed by atoms with Gasteiger partial charge < -0.3 is 0 Å². The zero-order valence-corrected chi connectivity index (χ0v) is 29.3. The van der Waals surface area contributed by atoms with Crippen LogP contribution in [-0.4, -0.2) is 6.94 Å². The Bertz CT molecular complexity index is 1880. The third kappa shape index (κ3) is 4.27. The van der Waals surface area contributed by atoms with Gasteiger partial charge in [0, 0.05) is 0 Å². The molecule has 0 heterocycles. The summed E-state index contributed by atoms with van der Waals surface area (Å²) in [6.07, 6.45) is 5.02. The van der Waals surface area contributed by atoms with Gasteiger partial charge in [0.25, 0.3) is 0 Å². The van der Waals surface area contributed by atoms with Gasteiger partial charge in [-0.1, -0.05) is 0 Å². The van der Waals surface area contributed by atoms with Crippen LogP contribution in [0.2, 0.25) is 9.36 Å². The summed E-state index contributed by atoms with van der Waals surface area (Å²) in [6, 6.07) is 38.6. The van der Waals surface area contributed by atoms with E-state index in [2.05, 4.69) is 139 Å². The summed E-state index contributed by atoms with van der Waals surface area (Å²) in [5.74, 6) is 0. The third-order valence-corrected chi connectivity index (χ3v) is 34.2. The molecule has 0 N–H and O–H groups in total. The molecule has 0 saturated heterocycles. The Kier molecular flexibility index (Phi) is 7.25. The van der Waals surface area contributed by atoms with E-state index in [0.717, 1.165) is 0 Å². The summed E-state index contributed by atoms with van der Waals surface area (Å²) in [5.41, 5.74) is 10.5. The molecule has 196 valence electrons. The van der Waals surface area contributed by atoms with E-state index in [-0.39, 0.29) is 24.8 Å². The van der Waals surface area contributed by atoms with Crippen LogP contribution < -0.4 is 0 Å². The predicted octanol–water partition coefficient (Wildman–Crippen LogP) is 9.92. The summed E-state index contributed by atoms with van der Waals surface area (Å²) >= 11 is -3.86. The first-order valence-electron chi connectivity index (χ1n) is 13.4. The molecular formula is C35H34Cl2HfSi. The van der Waals surface area contributed by atoms with E-state index in [1.54, 1.807) is 16.7 Å². The fourth-order valence-electron chi connectivity index (χ4n) is 7.74. The summed E-state index contributed by atoms with van der Waals surface area (Å²) in [6.45, 7) is 4.85. The van der Waals surface area contributed by atoms with Crippen LogP contribution in [-0.2, 0) is 17.1 Å². The van der Waals surface area contributed by atoms with Crippen molar-refractivity contribution < 1.29 is 17.1 Å². The van der Waals surface area contributed by atoms with E-state index in [9.17, 15) is 0 Å². The van der Waals surface area contributed by atoms with Crippen LogP contribution >= 0.6 is 24.8 Å². The molecule has 0 aliphatic heterocycles. The number of benzene rings is 5. The van der Waals surface area contributed by atoms with E-state index in [4.69, 9.17) is 0 Å². The van der Waals surface area contributed by atoms with Crippen LogP contribution in [0.1, 0.15) is 42.1 Å². The van der Waals surface area contributed by atoms with Crippen molar-refractivity contribution >= 4 is 71.0 Å². The number of halogens is 2. The van der Waals surface area contributed by atoms with Gasteiger partial charge in [-0.15, -0.1) is 24.8 Å². The SMILES string of the molecule is CC1=Cc2ccc3ccccc3c2[CH]1[Hf]([CH3])([CH3])(=[SiH2])[CH]1C(c2ccccc2)=Cc2ccc3ccccc3c21.Cl.Cl. The van der Waals surface area contributed by atoms with Crippen molar-refractivity contribution in [3.63, 3.8) is 0 Å². The first-order valence-corrected chi connectivity index (χ1v) is 33.0. The van der Waals surface area contributed by atoms with Crippen molar-refractivity contribution in [2.75, 3.05) is 0 Å². The Morgan fingerprint density at radius 1 is 0.564 bits per heavy atom. The molecule has 5 aromatic rings. The van der Waals surface area contributed by atoms with Gasteiger partial charge in [0.1, 0.15) is 0 Å². The molecule has 2 atom stereocenters. The quantitative estimate of drug-likeness (QED) is 0.162. The Morgan fingerprint density at radius 3 is 1.64 bits per heavy atom. The van der Waals surface area contributed by atoms with Crippen molar-refractivity contribution in [3.05, 3.63) is 137 Å². The first kappa shape index (κ1) is 28.3. The van der Waals surface area contributed by atoms with Crippen molar-refractivity contribution in [2.24, 2.45) is 0 Å². The summed E-state index contributed by atoms with van der Waals surface area (Å²) in [7, 11) is 0. The molecule has 0 spiro atoms. The standard InChI is InChI=1S/C19H13.C14H11.2CH3.2ClH.Hf.H2Si/c1-2-6-14(7-3-1)17-12-16-11-10-15-8-4-5-9-18(15)19(16)13-17;1-10-8-12-7-6-11-4-2-3-5-13(11)14(12)9-10;;;;;;/h1-13H;2-9H,1H3;2*1H3;2*1H;;1H2. The molecule has 2 unspecified atom stereocenters. The fourth-order valence-corrected chi connectivity index (χ4v) is 36.1. The minimum absolute atomic E-state index is 0. The summed E-state index contributed by atoms with van der Waals surface area (Å²) in [5, 5.41) is 5.59. The van der Waals surface area contributed by atoms with E-state index in [1.807, 2.05) is 0 Å². The summed E-state index contributed by atoms with van der Waals surface area (Å²) < 4.78 is 6.48. The number of hydrogen-bond donors (Lipinski definition) is 0. The molecule has 7 rings (SSSR count). The van der Waals surface area contributed by atoms with E-state index in [1.165, 1.54) is 43.8 Å². The molecule has 39 heavy (non-hydrogen) atoms. The molecule has 0 saturated carbocycles. The minimum atomic E-state index is -3.86. The molecular weight excluding hydrogens is 698 g/mol. The monoisotopic (exact) mass is 732 g/mol. The van der Waals surface area contributed by atoms with Crippen molar-refractivity contribution in [3.8, 4) is 0 Å². The second-order valence-electron chi connectivity index (χ2n) is 12.2. The second-order valence-corrected chi connectivity index (χ2v) is 55.7. The zero-order valence-electron chi connectivity index (χ0n) is 22.6. The fraction of sp³-hybridized carbons (Fsp3) is 0.143. The van der Waals surface area contributed by atoms with Crippen molar-refractivity contribution in [1.82, 2.24) is 0 Å². The topological polar surface area (TPSA) is 0 Å². The maximum atomic E-state index is 2.76. The zero-order chi connectivity index (χ0) is 25.4. The Morgan fingerprint density at radius 2 is 1.05 bits per heavy atom. The van der Waals surface area contributed by atoms with Gasteiger partial charge in [0.2, 0.25) is 0 Å². The molecule has 5 aromatic carbocycles. The number of allylic oxidation sites excluding steroid dienone is 2. The minimum Gasteiger partial charge on any atom is -0.147 e. The van der Waals surface area contributed by atoms with Gasteiger partial charge >= 0.3 is 223 Å². The molecule has 2 aliphatic rings. The molecule has 2 aliphatic carbocycles. The maximum absolute atomic E-state index is 3.86. The molecule has 0 aromatic heterocycles. The Labute approximate surface area is 246 Å². The van der Waals surface area contributed by atoms with Crippen molar-refractivity contribution in [2.45, 2.75) is 23.6 Å². The maximum Gasteiger partial charge on any atom is -0.147 e. The molecule has 0 bridgehead atoms. The number of rotatable bonds is 3. The van der Waals surface area contributed by atoms with E-state index in [0.29, 0.717) is 7.35 Å². The second kappa shape index (κ2) is 10.00. The molecule has 0 fully saturated rings. The smallest absolute Gasteiger partial charge is 0.147 e. The van der Waals surface area contributed by atoms with Crippen molar-refractivity contribution in [1.29, 1.82) is 0 Å². The van der Waals surface area contributed by atoms with E-state index >= 15 is 0 Å². The largest absolute Gasteiger partial charge is 0.147 e. The third-order valence-electron chi connectivity index (χ3n) is 9.05. The van der Waals surface area contributed by atoms with Gasteiger partial charge in [-0.05, 0) is 0 Å². The van der Waals surface area contributed by atoms with Gasteiger partial charge in [-0.3, -0.25) is 0 Å². The normalized spacial score (nSPS) is 18.1. The van der Waals surface area contributed by atoms with Crippen LogP contribution in [0, 0.1) is 0 Å². The van der Waals surface area contributed by atoms with E-state index < -0.39 is 17.1 Å². The number of fused-ring (bicyclic) bond motifs is 6. The average molecular weight is 732 g/mol. The Balaban J connectivity index is 0.00000154. The molecule has 0 amide bonds. The van der Waals surface area contributed by atoms with Gasteiger partial charge in [0.15, 0.2) is 0 Å². The molecule has 0 nitrogen and oxygen atoms in total. The van der Waals surface area contributed by atoms with Crippen LogP contribution in [0.5, 0.6) is 0 Å². The summed E-state index contributed by atoms with van der Waals surface area (Å²) in [4.78, 5) is 0. The van der Waals surface area contributed by atoms with Crippen LogP contribution in [0.3, 0.4) is 0 Å². The molecule has 0 radical (unpaired) electrons. The van der Waals surface area contributed by atoms with Crippen LogP contribution in [0.4, 0.5) is 0 Å². The van der Waals surface area contributed by atoms with Crippen LogP contribution in [0.15, 0.2) is 109 Å². The first-order chi connectivity index (χ1) is 17.8. The number of hydrogen-bond acceptors (Lipinski definition) is 0. The Hall–Kier alpha value is -2.23. The molecule has 4 heteroatoms. The van der Waals surface area contributed by atoms with Gasteiger partial charge in [0.05, 0.1) is 0 Å². The van der Waals surface area contributed by atoms with Gasteiger partial charge in [-0.2, -0.15) is 0 Å². The van der Waals surface area contributed by atoms with Gasteiger partial charge in [-0.25, -0.2) is 0 Å².